The summed E-state index contributed by atoms with van der Waals surface area (Å²) in [6.45, 7) is 41.0. The van der Waals surface area contributed by atoms with E-state index in [1.807, 2.05) is 32.0 Å². The van der Waals surface area contributed by atoms with E-state index in [9.17, 15) is 57.5 Å². The number of nitrogens with zero attached hydrogens (tertiary/aromatic N) is 7. The number of halogens is 4. The number of Topliss-reactive ketones (excluding diaryl/α,β-unsaturated/α-hetero) is 3. The maximum absolute atomic E-state index is 12.6. The number of fused-ring (bicyclic) bond motifs is 2. The number of ether oxygens (including phenoxy) is 3. The van der Waals surface area contributed by atoms with Gasteiger partial charge in [0.2, 0.25) is 0 Å². The SMILES string of the molecule is C1CCOC1.CC(C)(C)OC(=O)N(C(=O)OC(C)(C)C)c1cc(N)ncn1.CCCCNCc1ccccc1.Cc1cc(Br)c(=O)[nH]c1C(=O)CCCCO.Cc1cc(Br)c(=O)[nH]c1C(=O)CCCCO[Si](C)(C)C(C)(C)C.Cc1cc(Br)c(=O)[nH]c1C(=O)O.Cc1cc(Br)c(=O)n2c1C(=O)CCCC2.Cc1cc(Nc2cc(N)ncn2)c(=O)n2c1C(=O)NCCC2.OCCCNCc1ccccc1. The molecule has 3 amide bonds. The largest absolute Gasteiger partial charge is 0.477 e. The number of aromatic amines is 3. The molecule has 139 heavy (non-hydrogen) atoms. The molecule has 3 aliphatic heterocycles. The minimum absolute atomic E-state index is 0.0144. The Morgan fingerprint density at radius 3 is 1.45 bits per heavy atom. The van der Waals surface area contributed by atoms with Crippen LogP contribution >= 0.6 is 63.7 Å². The molecule has 0 atom stereocenters. The van der Waals surface area contributed by atoms with Crippen molar-refractivity contribution in [1.82, 2.24) is 60.0 Å². The van der Waals surface area contributed by atoms with Crippen LogP contribution in [0.2, 0.25) is 18.1 Å². The van der Waals surface area contributed by atoms with Gasteiger partial charge >= 0.3 is 18.2 Å². The first kappa shape index (κ1) is 121. The molecule has 2 aromatic carbocycles. The molecule has 0 spiro atoms. The van der Waals surface area contributed by atoms with Crippen molar-refractivity contribution in [1.29, 1.82) is 0 Å². The number of pyridine rings is 5. The summed E-state index contributed by atoms with van der Waals surface area (Å²) in [6, 6.07) is 31.8. The number of carboxylic acids is 1. The van der Waals surface area contributed by atoms with Crippen LogP contribution in [0, 0.1) is 34.6 Å². The molecule has 7 aromatic heterocycles. The Bertz CT molecular complexity index is 5710. The fourth-order valence-corrected chi connectivity index (χ4v) is 15.7. The summed E-state index contributed by atoms with van der Waals surface area (Å²) in [6.07, 6.45) is 13.3. The van der Waals surface area contributed by atoms with Crippen LogP contribution in [0.5, 0.6) is 0 Å². The molecule has 9 aromatic rings. The summed E-state index contributed by atoms with van der Waals surface area (Å²) in [5.74, 6) is -0.518. The lowest BCUT2D eigenvalue weighted by Crippen LogP contribution is -2.44. The number of amides is 3. The fourth-order valence-electron chi connectivity index (χ4n) is 12.7. The highest BCUT2D eigenvalue weighted by Crippen LogP contribution is 2.37. The zero-order chi connectivity index (χ0) is 104. The van der Waals surface area contributed by atoms with E-state index in [2.05, 4.69) is 203 Å². The van der Waals surface area contributed by atoms with Crippen LogP contribution in [0.1, 0.15) is 257 Å². The first-order valence-electron chi connectivity index (χ1n) is 46.0. The van der Waals surface area contributed by atoms with Gasteiger partial charge in [-0.2, -0.15) is 4.90 Å². The molecule has 35 nitrogen and oxygen atoms in total. The highest BCUT2D eigenvalue weighted by Gasteiger charge is 2.37. The first-order chi connectivity index (χ1) is 65.5. The number of anilines is 5. The van der Waals surface area contributed by atoms with E-state index in [0.29, 0.717) is 133 Å². The predicted molar refractivity (Wildman–Crippen MR) is 560 cm³/mol. The third kappa shape index (κ3) is 44.0. The fraction of sp³-hybridized carbons (Fsp3) is 0.475. The number of aliphatic hydroxyl groups excluding tert-OH is 2. The van der Waals surface area contributed by atoms with Crippen LogP contribution in [0.4, 0.5) is 38.5 Å². The monoisotopic (exact) mass is 2200 g/mol. The number of aryl methyl sites for hydroxylation is 5. The van der Waals surface area contributed by atoms with Gasteiger partial charge < -0.3 is 90.8 Å². The minimum atomic E-state index is -1.71. The number of rotatable bonds is 26. The van der Waals surface area contributed by atoms with E-state index in [1.165, 1.54) is 65.9 Å². The maximum Gasteiger partial charge on any atom is 0.425 e. The van der Waals surface area contributed by atoms with Gasteiger partial charge in [-0.1, -0.05) is 94.8 Å². The lowest BCUT2D eigenvalue weighted by molar-refractivity contribution is 0.0426. The van der Waals surface area contributed by atoms with Crippen molar-refractivity contribution in [3.8, 4) is 0 Å². The topological polar surface area (TPSA) is 515 Å². The number of H-pyrrole nitrogens is 3. The smallest absolute Gasteiger partial charge is 0.425 e. The molecule has 760 valence electrons. The van der Waals surface area contributed by atoms with Crippen molar-refractivity contribution in [2.45, 2.75) is 256 Å². The Morgan fingerprint density at radius 1 is 0.532 bits per heavy atom. The summed E-state index contributed by atoms with van der Waals surface area (Å²) in [5.41, 5.74) is 16.7. The number of nitrogens with one attached hydrogen (secondary N) is 7. The number of carbonyl (C=O) groups is 7. The van der Waals surface area contributed by atoms with Crippen LogP contribution in [0.15, 0.2) is 158 Å². The molecule has 1 fully saturated rings. The number of aromatic nitrogens is 9. The van der Waals surface area contributed by atoms with Gasteiger partial charge in [0, 0.05) is 97.2 Å². The number of hydrogen-bond acceptors (Lipinski definition) is 27. The molecule has 3 aliphatic rings. The number of carboxylic acid groups (broad SMARTS) is 1. The molecule has 0 saturated carbocycles. The summed E-state index contributed by atoms with van der Waals surface area (Å²) < 4.78 is 26.3. The molecule has 0 unspecified atom stereocenters. The molecule has 12 rings (SSSR count). The maximum atomic E-state index is 12.6. The van der Waals surface area contributed by atoms with Crippen LogP contribution in [0.25, 0.3) is 0 Å². The number of nitrogen functional groups attached to an aromatic ring is 2. The van der Waals surface area contributed by atoms with E-state index >= 15 is 0 Å². The lowest BCUT2D eigenvalue weighted by atomic mass is 10.1. The number of nitrogens with two attached hydrogens (primary N) is 2. The zero-order valence-electron chi connectivity index (χ0n) is 82.7. The number of unbranched alkanes of at least 4 members (excludes halogenated alkanes) is 3. The zero-order valence-corrected chi connectivity index (χ0v) is 90.1. The van der Waals surface area contributed by atoms with Gasteiger partial charge in [0.05, 0.1) is 35.0 Å². The molecular formula is C99H138Br4N16O19Si. The average Bonchev–Trinajstić information content (AvgIpc) is 1.78. The molecule has 40 heteroatoms. The van der Waals surface area contributed by atoms with Crippen molar-refractivity contribution in [3.63, 3.8) is 0 Å². The summed E-state index contributed by atoms with van der Waals surface area (Å²) in [7, 11) is -1.71. The van der Waals surface area contributed by atoms with E-state index < -0.39 is 43.2 Å². The second-order valence-corrected chi connectivity index (χ2v) is 44.3. The number of benzene rings is 2. The van der Waals surface area contributed by atoms with Gasteiger partial charge in [-0.05, 0) is 311 Å². The number of aromatic carboxylic acids is 1. The Hall–Kier alpha value is -10.7. The Balaban J connectivity index is 0.000000333. The highest BCUT2D eigenvalue weighted by molar-refractivity contribution is 9.11. The molecule has 0 radical (unpaired) electrons. The van der Waals surface area contributed by atoms with Gasteiger partial charge in [0.15, 0.2) is 31.5 Å². The summed E-state index contributed by atoms with van der Waals surface area (Å²) in [5, 5.41) is 38.3. The molecule has 0 aliphatic carbocycles. The Labute approximate surface area is 846 Å². The quantitative estimate of drug-likeness (QED) is 0.0136. The summed E-state index contributed by atoms with van der Waals surface area (Å²) >= 11 is 12.5. The summed E-state index contributed by atoms with van der Waals surface area (Å²) in [4.78, 5) is 165. The first-order valence-corrected chi connectivity index (χ1v) is 52.1. The Morgan fingerprint density at radius 2 is 0.986 bits per heavy atom. The van der Waals surface area contributed by atoms with Crippen molar-refractivity contribution >= 4 is 142 Å². The third-order valence-electron chi connectivity index (χ3n) is 20.9. The van der Waals surface area contributed by atoms with E-state index in [-0.39, 0.29) is 81.1 Å². The predicted octanol–water partition coefficient (Wildman–Crippen LogP) is 17.7. The van der Waals surface area contributed by atoms with Crippen LogP contribution in [-0.2, 0) is 44.8 Å². The molecule has 1 saturated heterocycles. The number of aliphatic hydroxyl groups is 2. The van der Waals surface area contributed by atoms with Crippen molar-refractivity contribution in [3.05, 3.63) is 253 Å². The van der Waals surface area contributed by atoms with Gasteiger partial charge in [-0.3, -0.25) is 43.2 Å². The molecule has 10 heterocycles. The molecule has 0 bridgehead atoms. The average molecular weight is 2200 g/mol. The third-order valence-corrected chi connectivity index (χ3v) is 27.8. The molecular weight excluding hydrogens is 2060 g/mol. The number of hydrogen-bond donors (Lipinski definition) is 12. The lowest BCUT2D eigenvalue weighted by Gasteiger charge is -2.36. The Kier molecular flexibility index (Phi) is 53.1. The van der Waals surface area contributed by atoms with Crippen molar-refractivity contribution in [2.75, 3.05) is 74.4 Å². The molecule has 14 N–H and O–H groups in total. The van der Waals surface area contributed by atoms with E-state index in [4.69, 9.17) is 45.4 Å². The minimum Gasteiger partial charge on any atom is -0.477 e. The second kappa shape index (κ2) is 61.1. The van der Waals surface area contributed by atoms with Crippen LogP contribution in [0.3, 0.4) is 0 Å². The highest BCUT2D eigenvalue weighted by atomic mass is 79.9. The standard InChI is InChI=1S/C17H28BrNO3Si.C14H16N6O2.C14H22N4O4.C11H14BrNO3.C11H12BrNO2.C11H17N.C10H15NO.C7H6BrNO3.C4H8O/c1-12-11-13(18)16(21)19-15(12)14(20)9-7-8-10-22-23(5,6)17(2,3)4;1-8-5-9(19-11-6-10(15)17-7-18-11)14(22)20-4-2-3-16-13(21)12(8)20;1-13(2,3)21-11(19)18(12(20)22-14(4,5)6)10-7-9(15)16-8-17-10;1-7-6-8(12)11(16)13-10(7)9(15)4-2-3-5-14;1-7-6-8(12)11(15)13-5-3-2-4-9(14)10(7)13;1-2-3-9-12-10-11-7-5-4-6-8-11;12-8-4-7-11-9-10-5-2-1-3-6-10;1-3-2-4(8)6(10)9-5(3)7(11)12;1-2-4-5-3-1/h11H,7-10H2,1-6H3,(H,19,21);5-7H,2-4H2,1H3,(H,16,21)(H3,15,17,18,19);7-8H,1-6H3,(H2,15,16,17);6,14H,2-5H2,1H3,(H,13,16);6H,2-5H2,1H3;4-8,12H,2-3,9-10H2,1H3;1-3,5-6,11-12H,4,7-9H2;2H,1H3,(H,9,10)(H,11,12);1-4H2. The van der Waals surface area contributed by atoms with Crippen molar-refractivity contribution < 1.29 is 67.5 Å². The number of imide groups is 1. The second-order valence-electron chi connectivity index (χ2n) is 36.1. The van der Waals surface area contributed by atoms with Gasteiger partial charge in [-0.25, -0.2) is 34.3 Å². The van der Waals surface area contributed by atoms with Crippen LogP contribution < -0.4 is 65.4 Å². The normalized spacial score (nSPS) is 12.5. The van der Waals surface area contributed by atoms with Gasteiger partial charge in [0.25, 0.3) is 33.7 Å². The number of carbonyl (C=O) groups excluding carboxylic acids is 6. The number of ketones is 3. The van der Waals surface area contributed by atoms with Crippen LogP contribution in [-0.4, -0.2) is 173 Å². The van der Waals surface area contributed by atoms with E-state index in [1.54, 1.807) is 91.1 Å². The van der Waals surface area contributed by atoms with Gasteiger partial charge in [0.1, 0.15) is 58.4 Å². The van der Waals surface area contributed by atoms with E-state index in [0.717, 1.165) is 100 Å². The van der Waals surface area contributed by atoms with Gasteiger partial charge in [-0.15, -0.1) is 0 Å². The van der Waals surface area contributed by atoms with Crippen molar-refractivity contribution in [2.24, 2.45) is 0 Å².